The van der Waals surface area contributed by atoms with E-state index in [2.05, 4.69) is 18.1 Å². The number of nitrogens with two attached hydrogens (primary N) is 1. The number of aliphatic hydroxyl groups excluding tert-OH is 1. The van der Waals surface area contributed by atoms with Gasteiger partial charge in [-0.1, -0.05) is 6.92 Å². The topological polar surface area (TPSA) is 250 Å². The van der Waals surface area contributed by atoms with Crippen molar-refractivity contribution in [1.29, 1.82) is 0 Å². The number of nitrogens with zero attached hydrogens (tertiary/aromatic N) is 2. The van der Waals surface area contributed by atoms with Crippen LogP contribution in [0.5, 0.6) is 0 Å². The van der Waals surface area contributed by atoms with Crippen molar-refractivity contribution in [2.75, 3.05) is 12.3 Å². The first-order valence-corrected chi connectivity index (χ1v) is 12.6. The largest absolute Gasteiger partial charge is 0.490 e. The lowest BCUT2D eigenvalue weighted by molar-refractivity contribution is -0.128. The highest BCUT2D eigenvalue weighted by atomic mass is 31.3. The van der Waals surface area contributed by atoms with E-state index in [4.69, 9.17) is 25.2 Å². The van der Waals surface area contributed by atoms with E-state index >= 15 is 0 Å². The van der Waals surface area contributed by atoms with Crippen molar-refractivity contribution < 1.29 is 56.3 Å². The predicted octanol–water partition coefficient (Wildman–Crippen LogP) is -0.403. The van der Waals surface area contributed by atoms with Crippen molar-refractivity contribution in [2.24, 2.45) is 0 Å². The number of rotatable bonds is 9. The molecule has 0 radical (unpaired) electrons. The number of aliphatic hydroxyl groups is 1. The van der Waals surface area contributed by atoms with Crippen molar-refractivity contribution in [1.82, 2.24) is 9.55 Å². The Labute approximate surface area is 168 Å². The standard InChI is InChI=1S/C11H20N3O13P3/c1-2-11(6-24-29(20,21)27-30(22,23)26-28(17,18)19)7(15)5-9(25-11)14-4-3-8(12)13-10(14)16/h3-4,7,9,15H,2,5-6H2,1H3,(H,20,21)(H,22,23)(H2,12,13,16)(H2,17,18,19)/t7-,9+,11+/m0/s1. The highest BCUT2D eigenvalue weighted by Gasteiger charge is 2.50. The molecule has 1 fully saturated rings. The first-order valence-electron chi connectivity index (χ1n) is 8.07. The summed E-state index contributed by atoms with van der Waals surface area (Å²) in [5.41, 5.74) is 2.99. The minimum absolute atomic E-state index is 0.00239. The Hall–Kier alpha value is -0.990. The van der Waals surface area contributed by atoms with Gasteiger partial charge in [0, 0.05) is 12.6 Å². The summed E-state index contributed by atoms with van der Waals surface area (Å²) in [6, 6.07) is 1.31. The van der Waals surface area contributed by atoms with Crippen molar-refractivity contribution >= 4 is 29.3 Å². The summed E-state index contributed by atoms with van der Waals surface area (Å²) < 4.78 is 52.4. The summed E-state index contributed by atoms with van der Waals surface area (Å²) in [6.07, 6.45) is -1.22. The lowest BCUT2D eigenvalue weighted by atomic mass is 9.95. The zero-order valence-electron chi connectivity index (χ0n) is 15.2. The average Bonchev–Trinajstić information content (AvgIpc) is 2.86. The van der Waals surface area contributed by atoms with Gasteiger partial charge in [-0.15, -0.1) is 0 Å². The Kier molecular flexibility index (Phi) is 7.47. The van der Waals surface area contributed by atoms with Crippen LogP contribution < -0.4 is 11.4 Å². The minimum atomic E-state index is -5.68. The fourth-order valence-electron chi connectivity index (χ4n) is 2.66. The van der Waals surface area contributed by atoms with E-state index in [0.717, 1.165) is 4.57 Å². The molecule has 2 unspecified atom stereocenters. The van der Waals surface area contributed by atoms with E-state index < -0.39 is 53.7 Å². The Bertz CT molecular complexity index is 979. The third-order valence-corrected chi connectivity index (χ3v) is 7.83. The molecule has 0 aromatic carbocycles. The second-order valence-corrected chi connectivity index (χ2v) is 10.6. The summed E-state index contributed by atoms with van der Waals surface area (Å²) in [5, 5.41) is 10.4. The summed E-state index contributed by atoms with van der Waals surface area (Å²) in [6.45, 7) is 0.665. The smallest absolute Gasteiger partial charge is 0.390 e. The molecule has 30 heavy (non-hydrogen) atoms. The molecule has 2 rings (SSSR count). The molecule has 0 amide bonds. The lowest BCUT2D eigenvalue weighted by Crippen LogP contribution is -2.43. The third-order valence-electron chi connectivity index (χ3n) is 4.05. The number of nitrogen functional groups attached to an aromatic ring is 1. The van der Waals surface area contributed by atoms with Crippen molar-refractivity contribution in [2.45, 2.75) is 37.7 Å². The molecule has 19 heteroatoms. The van der Waals surface area contributed by atoms with Gasteiger partial charge in [0.05, 0.1) is 12.7 Å². The van der Waals surface area contributed by atoms with Crippen LogP contribution in [0.4, 0.5) is 5.82 Å². The fourth-order valence-corrected chi connectivity index (χ4v) is 5.74. The summed E-state index contributed by atoms with van der Waals surface area (Å²) in [4.78, 5) is 51.3. The van der Waals surface area contributed by atoms with Gasteiger partial charge < -0.3 is 35.2 Å². The van der Waals surface area contributed by atoms with E-state index in [-0.39, 0.29) is 18.7 Å². The number of aromatic nitrogens is 2. The molecule has 1 aliphatic heterocycles. The van der Waals surface area contributed by atoms with E-state index in [9.17, 15) is 28.5 Å². The molecule has 5 atom stereocenters. The second kappa shape index (κ2) is 8.87. The zero-order valence-corrected chi connectivity index (χ0v) is 17.9. The molecule has 16 nitrogen and oxygen atoms in total. The lowest BCUT2D eigenvalue weighted by Gasteiger charge is -2.31. The quantitative estimate of drug-likeness (QED) is 0.238. The van der Waals surface area contributed by atoms with Crippen molar-refractivity contribution in [3.8, 4) is 0 Å². The second-order valence-electron chi connectivity index (χ2n) is 6.15. The van der Waals surface area contributed by atoms with Crippen molar-refractivity contribution in [3.63, 3.8) is 0 Å². The van der Waals surface area contributed by atoms with Gasteiger partial charge in [-0.3, -0.25) is 9.09 Å². The highest BCUT2D eigenvalue weighted by Crippen LogP contribution is 2.66. The Morgan fingerprint density at radius 3 is 2.43 bits per heavy atom. The first-order chi connectivity index (χ1) is 13.6. The number of ether oxygens (including phenoxy) is 1. The zero-order chi connectivity index (χ0) is 23.0. The van der Waals surface area contributed by atoms with Crippen LogP contribution in [0.25, 0.3) is 0 Å². The molecular weight excluding hydrogens is 475 g/mol. The first kappa shape index (κ1) is 25.3. The van der Waals surface area contributed by atoms with Crippen LogP contribution in [0, 0.1) is 0 Å². The van der Waals surface area contributed by atoms with Crippen LogP contribution in [-0.2, 0) is 31.6 Å². The molecule has 0 saturated carbocycles. The van der Waals surface area contributed by atoms with Crippen LogP contribution >= 0.6 is 23.5 Å². The van der Waals surface area contributed by atoms with Gasteiger partial charge in [0.15, 0.2) is 0 Å². The number of phosphoric ester groups is 1. The normalized spacial score (nSPS) is 28.7. The number of hydrogen-bond donors (Lipinski definition) is 6. The summed E-state index contributed by atoms with van der Waals surface area (Å²) in [7, 11) is -16.6. The maximum absolute atomic E-state index is 12.0. The van der Waals surface area contributed by atoms with Crippen LogP contribution in [0.3, 0.4) is 0 Å². The van der Waals surface area contributed by atoms with E-state index in [0.29, 0.717) is 0 Å². The van der Waals surface area contributed by atoms with E-state index in [1.807, 2.05) is 0 Å². The molecule has 1 aromatic rings. The molecule has 0 spiro atoms. The van der Waals surface area contributed by atoms with E-state index in [1.165, 1.54) is 19.2 Å². The number of phosphoric acid groups is 3. The molecular formula is C11H20N3O13P3. The summed E-state index contributed by atoms with van der Waals surface area (Å²) >= 11 is 0. The fraction of sp³-hybridized carbons (Fsp3) is 0.636. The molecule has 1 aromatic heterocycles. The molecule has 1 aliphatic rings. The third kappa shape index (κ3) is 6.50. The SMILES string of the molecule is CC[C@]1(COP(=O)(O)OP(=O)(O)OP(=O)(O)O)O[C@@H](n2ccc(N)nc2=O)C[C@@H]1O. The Morgan fingerprint density at radius 1 is 1.27 bits per heavy atom. The Balaban J connectivity index is 2.13. The van der Waals surface area contributed by atoms with Crippen LogP contribution in [-0.4, -0.2) is 52.5 Å². The molecule has 0 bridgehead atoms. The summed E-state index contributed by atoms with van der Waals surface area (Å²) in [5.74, 6) is -0.0378. The molecule has 0 aliphatic carbocycles. The number of hydrogen-bond acceptors (Lipinski definition) is 11. The maximum atomic E-state index is 12.0. The van der Waals surface area contributed by atoms with Gasteiger partial charge in [-0.2, -0.15) is 13.6 Å². The Morgan fingerprint density at radius 2 is 1.90 bits per heavy atom. The van der Waals surface area contributed by atoms with Gasteiger partial charge >= 0.3 is 29.2 Å². The van der Waals surface area contributed by atoms with E-state index in [1.54, 1.807) is 0 Å². The van der Waals surface area contributed by atoms with Gasteiger partial charge in [-0.05, 0) is 12.5 Å². The minimum Gasteiger partial charge on any atom is -0.390 e. The average molecular weight is 495 g/mol. The molecule has 7 N–H and O–H groups in total. The van der Waals surface area contributed by atoms with Gasteiger partial charge in [0.25, 0.3) is 0 Å². The van der Waals surface area contributed by atoms with Gasteiger partial charge in [0.2, 0.25) is 0 Å². The van der Waals surface area contributed by atoms with Gasteiger partial charge in [-0.25, -0.2) is 18.5 Å². The molecule has 2 heterocycles. The number of anilines is 1. The monoisotopic (exact) mass is 495 g/mol. The maximum Gasteiger partial charge on any atom is 0.490 e. The molecule has 1 saturated heterocycles. The van der Waals surface area contributed by atoms with Crippen LogP contribution in [0.2, 0.25) is 0 Å². The van der Waals surface area contributed by atoms with Crippen LogP contribution in [0.15, 0.2) is 17.1 Å². The molecule has 172 valence electrons. The highest BCUT2D eigenvalue weighted by molar-refractivity contribution is 7.66. The van der Waals surface area contributed by atoms with Gasteiger partial charge in [0.1, 0.15) is 17.6 Å². The van der Waals surface area contributed by atoms with Crippen molar-refractivity contribution in [3.05, 3.63) is 22.7 Å². The predicted molar refractivity (Wildman–Crippen MR) is 96.5 cm³/mol. The van der Waals surface area contributed by atoms with Crippen LogP contribution in [0.1, 0.15) is 26.0 Å².